The van der Waals surface area contributed by atoms with E-state index >= 15 is 0 Å². The molecule has 9 heavy (non-hydrogen) atoms. The van der Waals surface area contributed by atoms with Gasteiger partial charge in [-0.3, -0.25) is 0 Å². The summed E-state index contributed by atoms with van der Waals surface area (Å²) in [6.07, 6.45) is 0. The van der Waals surface area contributed by atoms with E-state index in [1.807, 2.05) is 0 Å². The van der Waals surface area contributed by atoms with Gasteiger partial charge in [0.1, 0.15) is 0 Å². The van der Waals surface area contributed by atoms with Crippen LogP contribution in [0.2, 0.25) is 0 Å². The first-order valence-corrected chi connectivity index (χ1v) is 4.90. The van der Waals surface area contributed by atoms with Crippen LogP contribution in [0.5, 0.6) is 0 Å². The van der Waals surface area contributed by atoms with Crippen molar-refractivity contribution >= 4 is 20.1 Å². The SMILES string of the molecule is [K+].[Li+].[Na+].[Na+].[O]=[Sb]([O-])([O-])[O-]. The van der Waals surface area contributed by atoms with E-state index in [2.05, 4.69) is 0 Å². The normalized spacial score (nSPS) is 6.56. The van der Waals surface area contributed by atoms with Crippen molar-refractivity contribution in [1.29, 1.82) is 0 Å². The Morgan fingerprint density at radius 3 is 1.00 bits per heavy atom. The summed E-state index contributed by atoms with van der Waals surface area (Å²) in [7, 11) is 0. The summed E-state index contributed by atoms with van der Waals surface area (Å²) in [5.41, 5.74) is 0. The standard InChI is InChI=1S/K.Li.2Na.4O.Sb/q4*+1;;3*-1;. The number of rotatable bonds is 0. The summed E-state index contributed by atoms with van der Waals surface area (Å²) in [6, 6.07) is 0. The van der Waals surface area contributed by atoms with Crippen LogP contribution in [-0.4, -0.2) is 20.1 Å². The van der Waals surface area contributed by atoms with Gasteiger partial charge in [-0.25, -0.2) is 0 Å². The van der Waals surface area contributed by atoms with Crippen molar-refractivity contribution in [2.24, 2.45) is 0 Å². The molecular weight excluding hydrogens is 278 g/mol. The van der Waals surface area contributed by atoms with Crippen molar-refractivity contribution in [1.82, 2.24) is 0 Å². The van der Waals surface area contributed by atoms with Gasteiger partial charge in [-0.2, -0.15) is 0 Å². The fourth-order valence-electron chi connectivity index (χ4n) is 0. The van der Waals surface area contributed by atoms with Gasteiger partial charge in [-0.1, -0.05) is 0 Å². The first-order chi connectivity index (χ1) is 2.00. The maximum absolute atomic E-state index is 8.64. The molecule has 0 amide bonds. The first kappa shape index (κ1) is 29.2. The van der Waals surface area contributed by atoms with E-state index in [0.717, 1.165) is 0 Å². The van der Waals surface area contributed by atoms with Crippen molar-refractivity contribution in [3.05, 3.63) is 0 Å². The molecule has 0 aliphatic rings. The van der Waals surface area contributed by atoms with E-state index in [4.69, 9.17) is 13.2 Å². The average Bonchev–Trinajstić information content (AvgIpc) is 0.722. The third kappa shape index (κ3) is 65.5. The Balaban J connectivity index is -0.0000000133. The van der Waals surface area contributed by atoms with Gasteiger partial charge < -0.3 is 0 Å². The Bertz CT molecular complexity index is 64.7. The minimum atomic E-state index is -6.10. The zero-order chi connectivity index (χ0) is 4.50. The molecule has 0 N–H and O–H groups in total. The fourth-order valence-corrected chi connectivity index (χ4v) is 0. The summed E-state index contributed by atoms with van der Waals surface area (Å²) in [5.74, 6) is 0. The second-order valence-electron chi connectivity index (χ2n) is 0.447. The first-order valence-electron chi connectivity index (χ1n) is 0.730. The second kappa shape index (κ2) is 15.2. The summed E-state index contributed by atoms with van der Waals surface area (Å²) in [6.45, 7) is 0. The maximum atomic E-state index is 8.64. The van der Waals surface area contributed by atoms with Crippen LogP contribution in [0.1, 0.15) is 0 Å². The Labute approximate surface area is 158 Å². The average molecular weight is 278 g/mol. The predicted molar refractivity (Wildman–Crippen MR) is 6.44 cm³/mol. The third-order valence-corrected chi connectivity index (χ3v) is 0. The van der Waals surface area contributed by atoms with Crippen molar-refractivity contribution in [2.45, 2.75) is 0 Å². The van der Waals surface area contributed by atoms with Gasteiger partial charge in [0.05, 0.1) is 0 Å². The topological polar surface area (TPSA) is 86.2 Å². The van der Waals surface area contributed by atoms with Crippen molar-refractivity contribution < 1.29 is 143 Å². The molecule has 4 nitrogen and oxygen atoms in total. The molecule has 0 spiro atoms. The molecule has 32 valence electrons. The van der Waals surface area contributed by atoms with Crippen molar-refractivity contribution in [3.8, 4) is 0 Å². The molecule has 0 rings (SSSR count). The van der Waals surface area contributed by atoms with Crippen LogP contribution in [-0.2, 0) is 3.02 Å². The Morgan fingerprint density at radius 1 is 1.00 bits per heavy atom. The van der Waals surface area contributed by atoms with E-state index in [-0.39, 0.29) is 129 Å². The summed E-state index contributed by atoms with van der Waals surface area (Å²) in [5, 5.41) is 0. The van der Waals surface area contributed by atoms with Gasteiger partial charge in [-0.15, -0.1) is 0 Å². The molecule has 0 heterocycles. The fraction of sp³-hybridized carbons (Fsp3) is 0. The molecule has 0 bridgehead atoms. The summed E-state index contributed by atoms with van der Waals surface area (Å²) in [4.78, 5) is 0. The minimum absolute atomic E-state index is 0. The zero-order valence-corrected chi connectivity index (χ0v) is 15.8. The van der Waals surface area contributed by atoms with Crippen LogP contribution in [0.15, 0.2) is 0 Å². The van der Waals surface area contributed by atoms with Crippen LogP contribution >= 0.6 is 0 Å². The van der Waals surface area contributed by atoms with Crippen LogP contribution in [0, 0.1) is 0 Å². The van der Waals surface area contributed by atoms with Gasteiger partial charge in [0.25, 0.3) is 0 Å². The van der Waals surface area contributed by atoms with Gasteiger partial charge in [0.15, 0.2) is 0 Å². The molecule has 0 fully saturated rings. The van der Waals surface area contributed by atoms with Gasteiger partial charge in [-0.05, 0) is 0 Å². The van der Waals surface area contributed by atoms with Gasteiger partial charge >= 0.3 is 163 Å². The molecule has 0 radical (unpaired) electrons. The zero-order valence-electron chi connectivity index (χ0n) is 6.08. The van der Waals surface area contributed by atoms with E-state index in [9.17, 15) is 0 Å². The monoisotopic (exact) mass is 277 g/mol. The Hall–Kier alpha value is 4.73. The van der Waals surface area contributed by atoms with Crippen LogP contribution < -0.4 is 140 Å². The van der Waals surface area contributed by atoms with E-state index < -0.39 is 20.1 Å². The second-order valence-corrected chi connectivity index (χ2v) is 3.00. The molecule has 0 aromatic rings. The van der Waals surface area contributed by atoms with E-state index in [0.29, 0.717) is 0 Å². The van der Waals surface area contributed by atoms with Gasteiger partial charge in [0, 0.05) is 0 Å². The molecule has 0 aliphatic heterocycles. The summed E-state index contributed by atoms with van der Waals surface area (Å²) < 4.78 is 34.6. The molecule has 0 atom stereocenters. The number of hydrogen-bond donors (Lipinski definition) is 0. The van der Waals surface area contributed by atoms with Crippen molar-refractivity contribution in [2.75, 3.05) is 0 Å². The molecule has 0 aliphatic carbocycles. The Kier molecular flexibility index (Phi) is 49.4. The summed E-state index contributed by atoms with van der Waals surface area (Å²) >= 11 is -6.10. The molecular formula is KLiNa2O4Sb+. The van der Waals surface area contributed by atoms with Crippen LogP contribution in [0.3, 0.4) is 0 Å². The molecule has 9 heteroatoms. The number of hydrogen-bond acceptors (Lipinski definition) is 4. The van der Waals surface area contributed by atoms with E-state index in [1.54, 1.807) is 0 Å². The predicted octanol–water partition coefficient (Wildman–Crippen LogP) is -16.1. The van der Waals surface area contributed by atoms with Crippen molar-refractivity contribution in [3.63, 3.8) is 0 Å². The molecule has 0 saturated heterocycles. The molecule has 0 saturated carbocycles. The quantitative estimate of drug-likeness (QED) is 0.412. The third-order valence-electron chi connectivity index (χ3n) is 0. The van der Waals surface area contributed by atoms with Crippen LogP contribution in [0.4, 0.5) is 0 Å². The van der Waals surface area contributed by atoms with Gasteiger partial charge in [0.2, 0.25) is 0 Å². The molecule has 0 unspecified atom stereocenters. The molecule has 0 aromatic heterocycles. The van der Waals surface area contributed by atoms with Crippen LogP contribution in [0.25, 0.3) is 0 Å². The van der Waals surface area contributed by atoms with E-state index in [1.165, 1.54) is 0 Å². The Morgan fingerprint density at radius 2 is 1.00 bits per heavy atom. The molecule has 0 aromatic carbocycles.